The first-order valence-corrected chi connectivity index (χ1v) is 6.39. The molecule has 0 fully saturated rings. The molecule has 0 saturated carbocycles. The average Bonchev–Trinajstić information content (AvgIpc) is 2.35. The molecule has 0 radical (unpaired) electrons. The van der Waals surface area contributed by atoms with Crippen LogP contribution in [0.5, 0.6) is 0 Å². The van der Waals surface area contributed by atoms with Crippen LogP contribution < -0.4 is 10.6 Å². The molecular weight excluding hydrogens is 287 g/mol. The predicted octanol–water partition coefficient (Wildman–Crippen LogP) is 4.80. The molecule has 2 rings (SSSR count). The summed E-state index contributed by atoms with van der Waals surface area (Å²) in [5.74, 6) is 0. The van der Waals surface area contributed by atoms with Crippen molar-refractivity contribution in [1.29, 1.82) is 0 Å². The molecule has 0 spiro atoms. The van der Waals surface area contributed by atoms with Crippen LogP contribution in [0.15, 0.2) is 48.5 Å². The number of hydrogen-bond donors (Lipinski definition) is 2. The number of anilines is 2. The van der Waals surface area contributed by atoms with E-state index in [2.05, 4.69) is 10.6 Å². The van der Waals surface area contributed by atoms with Gasteiger partial charge in [0, 0.05) is 11.4 Å². The maximum absolute atomic E-state index is 5.92. The van der Waals surface area contributed by atoms with Crippen LogP contribution in [0.1, 0.15) is 0 Å². The van der Waals surface area contributed by atoms with Gasteiger partial charge in [0.2, 0.25) is 0 Å². The number of nitrogens with one attached hydrogen (secondary N) is 2. The normalized spacial score (nSPS) is 9.89. The molecule has 0 aliphatic heterocycles. The van der Waals surface area contributed by atoms with Crippen molar-refractivity contribution in [3.05, 3.63) is 58.6 Å². The van der Waals surface area contributed by atoms with Gasteiger partial charge in [-0.1, -0.05) is 41.4 Å². The van der Waals surface area contributed by atoms with Crippen LogP contribution in [0.4, 0.5) is 11.4 Å². The number of rotatable bonds is 2. The van der Waals surface area contributed by atoms with Crippen molar-refractivity contribution in [1.82, 2.24) is 0 Å². The van der Waals surface area contributed by atoms with E-state index < -0.39 is 0 Å². The van der Waals surface area contributed by atoms with Gasteiger partial charge in [-0.2, -0.15) is 0 Å². The van der Waals surface area contributed by atoms with Crippen LogP contribution in [-0.4, -0.2) is 5.11 Å². The number of para-hydroxylation sites is 1. The summed E-state index contributed by atoms with van der Waals surface area (Å²) in [6.45, 7) is 0. The van der Waals surface area contributed by atoms with Gasteiger partial charge in [0.15, 0.2) is 5.11 Å². The maximum atomic E-state index is 5.92. The summed E-state index contributed by atoms with van der Waals surface area (Å²) < 4.78 is 0. The molecule has 92 valence electrons. The van der Waals surface area contributed by atoms with E-state index in [0.717, 1.165) is 11.4 Å². The Morgan fingerprint density at radius 1 is 0.833 bits per heavy atom. The van der Waals surface area contributed by atoms with E-state index in [1.54, 1.807) is 12.1 Å². The van der Waals surface area contributed by atoms with Gasteiger partial charge in [-0.05, 0) is 42.5 Å². The monoisotopic (exact) mass is 296 g/mol. The molecule has 0 aliphatic carbocycles. The molecule has 2 aromatic carbocycles. The summed E-state index contributed by atoms with van der Waals surface area (Å²) in [6.07, 6.45) is 0. The number of halogens is 2. The molecule has 0 aromatic heterocycles. The predicted molar refractivity (Wildman–Crippen MR) is 82.7 cm³/mol. The lowest BCUT2D eigenvalue weighted by Gasteiger charge is -2.10. The summed E-state index contributed by atoms with van der Waals surface area (Å²) in [7, 11) is 0. The molecule has 2 aromatic rings. The molecule has 0 atom stereocenters. The van der Waals surface area contributed by atoms with Gasteiger partial charge in [-0.15, -0.1) is 0 Å². The fourth-order valence-corrected chi connectivity index (χ4v) is 1.92. The van der Waals surface area contributed by atoms with Crippen molar-refractivity contribution < 1.29 is 0 Å². The van der Waals surface area contributed by atoms with Gasteiger partial charge in [-0.25, -0.2) is 0 Å². The lowest BCUT2D eigenvalue weighted by Crippen LogP contribution is -2.18. The SMILES string of the molecule is S=C(Nc1ccccc1)Nc1ccc(Cl)c(Cl)c1. The summed E-state index contributed by atoms with van der Waals surface area (Å²) >= 11 is 17.0. The van der Waals surface area contributed by atoms with Crippen molar-refractivity contribution in [2.75, 3.05) is 10.6 Å². The minimum Gasteiger partial charge on any atom is -0.332 e. The van der Waals surface area contributed by atoms with Crippen molar-refractivity contribution in [2.24, 2.45) is 0 Å². The van der Waals surface area contributed by atoms with E-state index in [1.807, 2.05) is 36.4 Å². The molecular formula is C13H10Cl2N2S. The first-order valence-electron chi connectivity index (χ1n) is 5.23. The van der Waals surface area contributed by atoms with Crippen molar-refractivity contribution >= 4 is 51.9 Å². The van der Waals surface area contributed by atoms with E-state index in [1.165, 1.54) is 0 Å². The molecule has 5 heteroatoms. The zero-order chi connectivity index (χ0) is 13.0. The first kappa shape index (κ1) is 13.1. The summed E-state index contributed by atoms with van der Waals surface area (Å²) in [5.41, 5.74) is 1.72. The van der Waals surface area contributed by atoms with Crippen LogP contribution in [0, 0.1) is 0 Å². The fraction of sp³-hybridized carbons (Fsp3) is 0. The summed E-state index contributed by atoms with van der Waals surface area (Å²) in [4.78, 5) is 0. The van der Waals surface area contributed by atoms with Gasteiger partial charge in [-0.3, -0.25) is 0 Å². The van der Waals surface area contributed by atoms with E-state index >= 15 is 0 Å². The van der Waals surface area contributed by atoms with E-state index in [9.17, 15) is 0 Å². The highest BCUT2D eigenvalue weighted by molar-refractivity contribution is 7.80. The average molecular weight is 297 g/mol. The first-order chi connectivity index (χ1) is 8.65. The van der Waals surface area contributed by atoms with Gasteiger partial charge in [0.1, 0.15) is 0 Å². The molecule has 0 saturated heterocycles. The van der Waals surface area contributed by atoms with Crippen molar-refractivity contribution in [2.45, 2.75) is 0 Å². The molecule has 0 unspecified atom stereocenters. The largest absolute Gasteiger partial charge is 0.332 e. The Labute approximate surface area is 121 Å². The molecule has 18 heavy (non-hydrogen) atoms. The lowest BCUT2D eigenvalue weighted by atomic mass is 10.3. The Hall–Kier alpha value is -1.29. The minimum atomic E-state index is 0.490. The van der Waals surface area contributed by atoms with Gasteiger partial charge in [0.05, 0.1) is 10.0 Å². The Morgan fingerprint density at radius 3 is 2.17 bits per heavy atom. The molecule has 0 heterocycles. The molecule has 2 nitrogen and oxygen atoms in total. The van der Waals surface area contributed by atoms with Crippen LogP contribution in [0.2, 0.25) is 10.0 Å². The molecule has 0 aliphatic rings. The highest BCUT2D eigenvalue weighted by Gasteiger charge is 2.01. The topological polar surface area (TPSA) is 24.1 Å². The third-order valence-electron chi connectivity index (χ3n) is 2.21. The van der Waals surface area contributed by atoms with Gasteiger partial charge in [0.25, 0.3) is 0 Å². The fourth-order valence-electron chi connectivity index (χ4n) is 1.39. The van der Waals surface area contributed by atoms with Gasteiger partial charge >= 0.3 is 0 Å². The van der Waals surface area contributed by atoms with Gasteiger partial charge < -0.3 is 10.6 Å². The number of benzene rings is 2. The second kappa shape index (κ2) is 6.05. The highest BCUT2D eigenvalue weighted by atomic mass is 35.5. The zero-order valence-electron chi connectivity index (χ0n) is 9.28. The van der Waals surface area contributed by atoms with Crippen LogP contribution in [0.25, 0.3) is 0 Å². The minimum absolute atomic E-state index is 0.490. The third kappa shape index (κ3) is 3.60. The van der Waals surface area contributed by atoms with Crippen LogP contribution in [0.3, 0.4) is 0 Å². The van der Waals surface area contributed by atoms with E-state index in [-0.39, 0.29) is 0 Å². The highest BCUT2D eigenvalue weighted by Crippen LogP contribution is 2.25. The summed E-state index contributed by atoms with van der Waals surface area (Å²) in [5, 5.41) is 7.61. The van der Waals surface area contributed by atoms with Crippen LogP contribution in [-0.2, 0) is 0 Å². The standard InChI is InChI=1S/C13H10Cl2N2S/c14-11-7-6-10(8-12(11)15)17-13(18)16-9-4-2-1-3-5-9/h1-8H,(H2,16,17,18). The third-order valence-corrected chi connectivity index (χ3v) is 3.15. The quantitative estimate of drug-likeness (QED) is 0.778. The molecule has 2 N–H and O–H groups in total. The molecule has 0 bridgehead atoms. The zero-order valence-corrected chi connectivity index (χ0v) is 11.6. The van der Waals surface area contributed by atoms with E-state index in [4.69, 9.17) is 35.4 Å². The number of hydrogen-bond acceptors (Lipinski definition) is 1. The molecule has 0 amide bonds. The Kier molecular flexibility index (Phi) is 4.42. The van der Waals surface area contributed by atoms with Crippen molar-refractivity contribution in [3.63, 3.8) is 0 Å². The smallest absolute Gasteiger partial charge is 0.175 e. The second-order valence-corrected chi connectivity index (χ2v) is 4.80. The maximum Gasteiger partial charge on any atom is 0.175 e. The van der Waals surface area contributed by atoms with E-state index in [0.29, 0.717) is 15.2 Å². The summed E-state index contributed by atoms with van der Waals surface area (Å²) in [6, 6.07) is 14.9. The van der Waals surface area contributed by atoms with Crippen LogP contribution >= 0.6 is 35.4 Å². The Morgan fingerprint density at radius 2 is 1.50 bits per heavy atom. The Balaban J connectivity index is 2.01. The Bertz CT molecular complexity index is 558. The van der Waals surface area contributed by atoms with Crippen molar-refractivity contribution in [3.8, 4) is 0 Å². The number of thiocarbonyl (C=S) groups is 1. The second-order valence-electron chi connectivity index (χ2n) is 3.57. The lowest BCUT2D eigenvalue weighted by molar-refractivity contribution is 1.59.